The van der Waals surface area contributed by atoms with Crippen LogP contribution in [-0.2, 0) is 17.8 Å². The average Bonchev–Trinajstić information content (AvgIpc) is 3.58. The number of carbonyl (C=O) groups excluding carboxylic acids is 1. The van der Waals surface area contributed by atoms with Crippen molar-refractivity contribution >= 4 is 11.4 Å². The van der Waals surface area contributed by atoms with Crippen molar-refractivity contribution in [2.24, 2.45) is 5.92 Å². The van der Waals surface area contributed by atoms with Crippen LogP contribution >= 0.6 is 0 Å². The van der Waals surface area contributed by atoms with Gasteiger partial charge in [0.25, 0.3) is 0 Å². The zero-order chi connectivity index (χ0) is 21.2. The molecule has 0 aliphatic heterocycles. The maximum absolute atomic E-state index is 12.1. The predicted octanol–water partition coefficient (Wildman–Crippen LogP) is 4.51. The van der Waals surface area contributed by atoms with E-state index < -0.39 is 0 Å². The van der Waals surface area contributed by atoms with Crippen LogP contribution in [0.15, 0.2) is 66.7 Å². The Kier molecular flexibility index (Phi) is 5.12. The summed E-state index contributed by atoms with van der Waals surface area (Å²) in [6.07, 6.45) is 2.32. The summed E-state index contributed by atoms with van der Waals surface area (Å²) in [5.41, 5.74) is 3.72. The second-order valence-corrected chi connectivity index (χ2v) is 7.79. The molecule has 2 aromatic carbocycles. The molecule has 0 saturated heterocycles. The second kappa shape index (κ2) is 8.22. The van der Waals surface area contributed by atoms with Gasteiger partial charge in [0.15, 0.2) is 11.5 Å². The smallest absolute Gasteiger partial charge is 0.159 e. The van der Waals surface area contributed by atoms with Crippen molar-refractivity contribution in [2.45, 2.75) is 25.9 Å². The summed E-state index contributed by atoms with van der Waals surface area (Å²) in [5.74, 6) is 2.65. The van der Waals surface area contributed by atoms with E-state index in [2.05, 4.69) is 10.1 Å². The number of hydrogen-bond acceptors (Lipinski definition) is 5. The number of carbonyl (C=O) groups is 1. The summed E-state index contributed by atoms with van der Waals surface area (Å²) in [5, 5.41) is 4.60. The summed E-state index contributed by atoms with van der Waals surface area (Å²) in [6, 6.07) is 21.6. The first-order valence-corrected chi connectivity index (χ1v) is 10.4. The highest BCUT2D eigenvalue weighted by atomic mass is 16.5. The van der Waals surface area contributed by atoms with Crippen LogP contribution in [0.2, 0.25) is 0 Å². The molecule has 5 rings (SSSR count). The van der Waals surface area contributed by atoms with E-state index >= 15 is 0 Å². The molecule has 0 bridgehead atoms. The van der Waals surface area contributed by atoms with Crippen LogP contribution in [0.25, 0.3) is 16.9 Å². The van der Waals surface area contributed by atoms with Gasteiger partial charge in [-0.15, -0.1) is 0 Å². The lowest BCUT2D eigenvalue weighted by molar-refractivity contribution is -0.119. The van der Waals surface area contributed by atoms with Crippen molar-refractivity contribution in [3.05, 3.63) is 78.1 Å². The number of methoxy groups -OCH3 is 1. The Hall–Kier alpha value is -3.67. The molecule has 1 fully saturated rings. The molecule has 2 aromatic heterocycles. The molecule has 0 amide bonds. The maximum Gasteiger partial charge on any atom is 0.159 e. The van der Waals surface area contributed by atoms with Gasteiger partial charge in [-0.05, 0) is 66.9 Å². The largest absolute Gasteiger partial charge is 0.497 e. The van der Waals surface area contributed by atoms with Gasteiger partial charge in [0.2, 0.25) is 0 Å². The highest BCUT2D eigenvalue weighted by molar-refractivity contribution is 5.84. The third-order valence-electron chi connectivity index (χ3n) is 5.46. The van der Waals surface area contributed by atoms with Gasteiger partial charge in [0.05, 0.1) is 19.2 Å². The first-order chi connectivity index (χ1) is 15.2. The number of ketones is 1. The number of fused-ring (bicyclic) bond motifs is 1. The molecule has 0 spiro atoms. The normalized spacial score (nSPS) is 13.3. The van der Waals surface area contributed by atoms with Gasteiger partial charge in [-0.1, -0.05) is 18.2 Å². The minimum Gasteiger partial charge on any atom is -0.497 e. The zero-order valence-corrected chi connectivity index (χ0v) is 17.3. The highest BCUT2D eigenvalue weighted by Gasteiger charge is 2.30. The lowest BCUT2D eigenvalue weighted by atomic mass is 10.1. The van der Waals surface area contributed by atoms with Crippen molar-refractivity contribution in [1.29, 1.82) is 0 Å². The maximum atomic E-state index is 12.1. The van der Waals surface area contributed by atoms with Gasteiger partial charge in [-0.3, -0.25) is 4.79 Å². The molecule has 31 heavy (non-hydrogen) atoms. The van der Waals surface area contributed by atoms with Crippen LogP contribution in [0.3, 0.4) is 0 Å². The van der Waals surface area contributed by atoms with E-state index in [-0.39, 0.29) is 11.7 Å². The van der Waals surface area contributed by atoms with E-state index in [4.69, 9.17) is 9.47 Å². The molecule has 0 N–H and O–H groups in total. The Bertz CT molecular complexity index is 1230. The number of hydrogen-bond donors (Lipinski definition) is 0. The Morgan fingerprint density at radius 2 is 1.84 bits per heavy atom. The molecule has 6 nitrogen and oxygen atoms in total. The van der Waals surface area contributed by atoms with Crippen molar-refractivity contribution in [1.82, 2.24) is 14.6 Å². The summed E-state index contributed by atoms with van der Waals surface area (Å²) in [7, 11) is 1.66. The molecular weight excluding hydrogens is 390 g/mol. The van der Waals surface area contributed by atoms with E-state index in [9.17, 15) is 4.79 Å². The van der Waals surface area contributed by atoms with Crippen molar-refractivity contribution in [3.8, 4) is 22.8 Å². The molecule has 2 heterocycles. The van der Waals surface area contributed by atoms with E-state index in [0.717, 1.165) is 46.8 Å². The number of rotatable bonds is 8. The Morgan fingerprint density at radius 3 is 2.61 bits per heavy atom. The van der Waals surface area contributed by atoms with Gasteiger partial charge in [-0.2, -0.15) is 5.10 Å². The molecule has 1 aliphatic carbocycles. The van der Waals surface area contributed by atoms with E-state index in [1.807, 2.05) is 71.2 Å². The van der Waals surface area contributed by atoms with Crippen LogP contribution in [0.5, 0.6) is 11.5 Å². The monoisotopic (exact) mass is 413 g/mol. The van der Waals surface area contributed by atoms with Gasteiger partial charge in [0.1, 0.15) is 23.9 Å². The zero-order valence-electron chi connectivity index (χ0n) is 17.3. The Morgan fingerprint density at radius 1 is 1.03 bits per heavy atom. The molecule has 6 heteroatoms. The van der Waals surface area contributed by atoms with Crippen LogP contribution in [0.1, 0.15) is 24.2 Å². The third-order valence-corrected chi connectivity index (χ3v) is 5.46. The SMILES string of the molecule is COc1cccc(COc2ccc(-c3cccc4nc(CC(=O)C5CC5)nn34)cc2)c1. The number of nitrogens with zero attached hydrogens (tertiary/aromatic N) is 3. The average molecular weight is 413 g/mol. The number of ether oxygens (including phenoxy) is 2. The van der Waals surface area contributed by atoms with Crippen LogP contribution in [0.4, 0.5) is 0 Å². The highest BCUT2D eigenvalue weighted by Crippen LogP contribution is 2.31. The molecule has 1 saturated carbocycles. The van der Waals surface area contributed by atoms with Crippen molar-refractivity contribution in [2.75, 3.05) is 7.11 Å². The third kappa shape index (κ3) is 4.28. The molecular formula is C25H23N3O3. The first kappa shape index (κ1) is 19.3. The van der Waals surface area contributed by atoms with Gasteiger partial charge in [0, 0.05) is 11.5 Å². The minimum absolute atomic E-state index is 0.218. The predicted molar refractivity (Wildman–Crippen MR) is 117 cm³/mol. The summed E-state index contributed by atoms with van der Waals surface area (Å²) in [6.45, 7) is 0.466. The number of benzene rings is 2. The lowest BCUT2D eigenvalue weighted by Gasteiger charge is -2.09. The first-order valence-electron chi connectivity index (χ1n) is 10.4. The molecule has 156 valence electrons. The number of pyridine rings is 1. The van der Waals surface area contributed by atoms with Crippen molar-refractivity contribution in [3.63, 3.8) is 0 Å². The van der Waals surface area contributed by atoms with Crippen LogP contribution < -0.4 is 9.47 Å². The van der Waals surface area contributed by atoms with Gasteiger partial charge >= 0.3 is 0 Å². The van der Waals surface area contributed by atoms with E-state index in [0.29, 0.717) is 18.9 Å². The Labute approximate surface area is 180 Å². The summed E-state index contributed by atoms with van der Waals surface area (Å²) >= 11 is 0. The van der Waals surface area contributed by atoms with Crippen LogP contribution in [-0.4, -0.2) is 27.5 Å². The molecule has 1 aliphatic rings. The molecule has 0 radical (unpaired) electrons. The Balaban J connectivity index is 1.32. The minimum atomic E-state index is 0.218. The number of aromatic nitrogens is 3. The van der Waals surface area contributed by atoms with Gasteiger partial charge in [-0.25, -0.2) is 9.50 Å². The standard InChI is InChI=1S/C25H23N3O3/c1-30-21-5-2-4-17(14-21)16-31-20-12-10-18(11-13-20)22-6-3-7-25-26-24(27-28(22)25)15-23(29)19-8-9-19/h2-7,10-14,19H,8-9,15-16H2,1H3. The fourth-order valence-corrected chi connectivity index (χ4v) is 3.60. The summed E-state index contributed by atoms with van der Waals surface area (Å²) in [4.78, 5) is 16.7. The topological polar surface area (TPSA) is 65.7 Å². The molecule has 0 unspecified atom stereocenters. The van der Waals surface area contributed by atoms with E-state index in [1.54, 1.807) is 7.11 Å². The summed E-state index contributed by atoms with van der Waals surface area (Å²) < 4.78 is 13.0. The molecule has 4 aromatic rings. The lowest BCUT2D eigenvalue weighted by Crippen LogP contribution is -2.06. The van der Waals surface area contributed by atoms with Gasteiger partial charge < -0.3 is 9.47 Å². The fourth-order valence-electron chi connectivity index (χ4n) is 3.60. The van der Waals surface area contributed by atoms with Crippen LogP contribution in [0, 0.1) is 5.92 Å². The fraction of sp³-hybridized carbons (Fsp3) is 0.240. The molecule has 0 atom stereocenters. The second-order valence-electron chi connectivity index (χ2n) is 7.79. The number of Topliss-reactive ketones (excluding diaryl/α,β-unsaturated/α-hetero) is 1. The quantitative estimate of drug-likeness (QED) is 0.425. The van der Waals surface area contributed by atoms with E-state index in [1.165, 1.54) is 0 Å². The van der Waals surface area contributed by atoms with Crippen molar-refractivity contribution < 1.29 is 14.3 Å².